The molecule has 4 heterocycles. The zero-order chi connectivity index (χ0) is 53.7. The molecule has 5 fully saturated rings. The van der Waals surface area contributed by atoms with Crippen molar-refractivity contribution in [2.75, 3.05) is 19.8 Å². The third kappa shape index (κ3) is 24.1. The molecule has 0 radical (unpaired) electrons. The summed E-state index contributed by atoms with van der Waals surface area (Å²) in [4.78, 5) is 0. The van der Waals surface area contributed by atoms with Crippen LogP contribution in [0.2, 0.25) is 191 Å². The third-order valence-corrected chi connectivity index (χ3v) is 77.5. The molecule has 5 rings (SSSR count). The third-order valence-electron chi connectivity index (χ3n) is 13.8. The van der Waals surface area contributed by atoms with E-state index in [0.29, 0.717) is 19.3 Å². The molecule has 0 aromatic heterocycles. The van der Waals surface area contributed by atoms with Crippen LogP contribution in [-0.2, 0) is 71.8 Å². The SMILES string of the molecule is C[SiH]1O[Si](C)(CCCOC2CC2)O[SiH](C)O[Si](C)(CC[Si](C)(C)O[Si](C)(C)CC[Si]2(C)O[SiH](C)O[Si](C)(CC[Si](C)(C)O[Si](C)(C)CC[Si]3(C)O[SiH](C)O[Si](C)(CCCOC4CO4)O[SiH](C)O3)O[SiH](C)O2)O1. The van der Waals surface area contributed by atoms with Gasteiger partial charge in [-0.25, -0.2) is 0 Å². The molecule has 1 saturated carbocycles. The fraction of sp³-hybridized carbons (Fsp3) is 1.00. The predicted molar refractivity (Wildman–Crippen MR) is 325 cm³/mol. The molecule has 424 valence electrons. The Hall–Kier alpha value is 2.79. The molecular formula is C39H102O17Si16. The summed E-state index contributed by atoms with van der Waals surface area (Å²) >= 11 is 0. The minimum absolute atomic E-state index is 0.0221. The number of ether oxygens (including phenoxy) is 3. The lowest BCUT2D eigenvalue weighted by atomic mass is 10.5. The number of epoxide rings is 1. The van der Waals surface area contributed by atoms with E-state index in [1.807, 2.05) is 0 Å². The first-order chi connectivity index (χ1) is 33.0. The van der Waals surface area contributed by atoms with Crippen LogP contribution in [0.15, 0.2) is 0 Å². The largest absolute Gasteiger partial charge is 0.456 e. The van der Waals surface area contributed by atoms with Gasteiger partial charge in [0.2, 0.25) is 0 Å². The minimum atomic E-state index is -2.59. The maximum atomic E-state index is 7.25. The standard InChI is InChI=1S/C39H102O17Si16/c1-57-43-67(15,27-21-25-40-38-23-24-38)44-58(2)48-69(17,47-57)33-29-63(7,8)55-65(11,12)31-35-71(19)51-61(5)53-72(20,54-62(6)52-71)36-32-66(13,14)56-64(9,10)30-34-70(18)49-59(3)45-68(16,46-60(4)50-70)28-22-26-41-39-37-42-39/h38-39,57-62H,21-37H2,1-20H3. The van der Waals surface area contributed by atoms with Crippen LogP contribution < -0.4 is 0 Å². The Morgan fingerprint density at radius 3 is 0.819 bits per heavy atom. The average Bonchev–Trinajstić information content (AvgIpc) is 4.13. The van der Waals surface area contributed by atoms with Crippen molar-refractivity contribution in [3.05, 3.63) is 0 Å². The smallest absolute Gasteiger partial charge is 0.317 e. The average molecular weight is 1290 g/mol. The summed E-state index contributed by atoms with van der Waals surface area (Å²) in [5.74, 6) is 0. The molecule has 7 unspecified atom stereocenters. The van der Waals surface area contributed by atoms with Crippen LogP contribution in [0.5, 0.6) is 0 Å². The summed E-state index contributed by atoms with van der Waals surface area (Å²) in [5, 5.41) is 0. The van der Waals surface area contributed by atoms with Gasteiger partial charge in [-0.15, -0.1) is 0 Å². The minimum Gasteiger partial charge on any atom is -0.456 e. The first-order valence-corrected chi connectivity index (χ1v) is 67.6. The van der Waals surface area contributed by atoms with E-state index in [1.54, 1.807) is 0 Å². The Kier molecular flexibility index (Phi) is 24.4. The lowest BCUT2D eigenvalue weighted by Gasteiger charge is -2.44. The summed E-state index contributed by atoms with van der Waals surface area (Å²) in [5.41, 5.74) is 0. The van der Waals surface area contributed by atoms with Crippen molar-refractivity contribution < 1.29 is 71.8 Å². The van der Waals surface area contributed by atoms with E-state index in [-0.39, 0.29) is 6.29 Å². The van der Waals surface area contributed by atoms with Gasteiger partial charge in [0, 0.05) is 13.2 Å². The number of hydrogen-bond acceptors (Lipinski definition) is 17. The van der Waals surface area contributed by atoms with E-state index in [4.69, 9.17) is 71.8 Å². The maximum absolute atomic E-state index is 7.25. The Labute approximate surface area is 458 Å². The van der Waals surface area contributed by atoms with Crippen molar-refractivity contribution in [2.24, 2.45) is 0 Å². The topological polar surface area (TPSA) is 160 Å². The highest BCUT2D eigenvalue weighted by Crippen LogP contribution is 2.37. The van der Waals surface area contributed by atoms with E-state index in [1.165, 1.54) is 12.8 Å². The summed E-state index contributed by atoms with van der Waals surface area (Å²) < 4.78 is 113. The molecule has 0 aromatic rings. The number of hydrogen-bond donors (Lipinski definition) is 0. The van der Waals surface area contributed by atoms with Crippen LogP contribution >= 0.6 is 0 Å². The summed E-state index contributed by atoms with van der Waals surface area (Å²) in [7, 11) is -35.4. The molecular weight excluding hydrogens is 1190 g/mol. The lowest BCUT2D eigenvalue weighted by molar-refractivity contribution is 0.0499. The van der Waals surface area contributed by atoms with Gasteiger partial charge in [-0.05, 0) is 217 Å². The zero-order valence-corrected chi connectivity index (χ0v) is 65.5. The van der Waals surface area contributed by atoms with Crippen LogP contribution in [0.3, 0.4) is 0 Å². The van der Waals surface area contributed by atoms with Gasteiger partial charge >= 0.3 is 107 Å². The molecule has 1 aliphatic carbocycles. The van der Waals surface area contributed by atoms with Gasteiger partial charge in [-0.3, -0.25) is 0 Å². The van der Waals surface area contributed by atoms with Crippen LogP contribution in [-0.4, -0.2) is 173 Å². The maximum Gasteiger partial charge on any atom is 0.317 e. The van der Waals surface area contributed by atoms with Gasteiger partial charge in [0.15, 0.2) is 39.6 Å². The Bertz CT molecular complexity index is 1530. The molecule has 4 saturated heterocycles. The molecule has 33 heteroatoms. The summed E-state index contributed by atoms with van der Waals surface area (Å²) in [6.07, 6.45) is 4.71. The fourth-order valence-corrected chi connectivity index (χ4v) is 90.2. The highest BCUT2D eigenvalue weighted by molar-refractivity contribution is 6.91. The van der Waals surface area contributed by atoms with Crippen molar-refractivity contribution in [1.29, 1.82) is 0 Å². The van der Waals surface area contributed by atoms with E-state index >= 15 is 0 Å². The van der Waals surface area contributed by atoms with Gasteiger partial charge in [0.05, 0.1) is 6.10 Å². The molecule has 5 aliphatic rings. The molecule has 0 N–H and O–H groups in total. The highest BCUT2D eigenvalue weighted by Gasteiger charge is 2.51. The quantitative estimate of drug-likeness (QED) is 0.0458. The first-order valence-electron chi connectivity index (χ1n) is 27.4. The highest BCUT2D eigenvalue weighted by atomic mass is 28.5. The van der Waals surface area contributed by atoms with Gasteiger partial charge in [-0.2, -0.15) is 0 Å². The molecule has 4 aliphatic heterocycles. The van der Waals surface area contributed by atoms with E-state index in [9.17, 15) is 0 Å². The Morgan fingerprint density at radius 1 is 0.375 bits per heavy atom. The fourth-order valence-electron chi connectivity index (χ4n) is 10.7. The second-order valence-electron chi connectivity index (χ2n) is 24.8. The molecule has 0 bridgehead atoms. The number of rotatable bonds is 26. The van der Waals surface area contributed by atoms with Gasteiger partial charge in [-0.1, -0.05) is 0 Å². The van der Waals surface area contributed by atoms with E-state index < -0.39 is 140 Å². The molecule has 0 amide bonds. The van der Waals surface area contributed by atoms with Gasteiger partial charge in [0.1, 0.15) is 6.61 Å². The van der Waals surface area contributed by atoms with Crippen molar-refractivity contribution in [3.8, 4) is 0 Å². The predicted octanol–water partition coefficient (Wildman–Crippen LogP) is 8.95. The summed E-state index contributed by atoms with van der Waals surface area (Å²) in [6, 6.07) is 9.25. The summed E-state index contributed by atoms with van der Waals surface area (Å²) in [6.45, 7) is 47.2. The van der Waals surface area contributed by atoms with Crippen LogP contribution in [0.4, 0.5) is 0 Å². The van der Waals surface area contributed by atoms with Crippen molar-refractivity contribution in [3.63, 3.8) is 0 Å². The van der Waals surface area contributed by atoms with Crippen molar-refractivity contribution in [1.82, 2.24) is 0 Å². The van der Waals surface area contributed by atoms with Crippen LogP contribution in [0.1, 0.15) is 25.7 Å². The second kappa shape index (κ2) is 26.8. The Balaban J connectivity index is 1.05. The zero-order valence-electron chi connectivity index (χ0n) is 48.6. The normalized spacial score (nSPS) is 39.1. The first kappa shape index (κ1) is 65.6. The van der Waals surface area contributed by atoms with E-state index in [2.05, 4.69) is 131 Å². The van der Waals surface area contributed by atoms with Crippen molar-refractivity contribution in [2.45, 2.75) is 229 Å². The monoisotopic (exact) mass is 1290 g/mol. The molecule has 17 nitrogen and oxygen atoms in total. The van der Waals surface area contributed by atoms with Crippen LogP contribution in [0.25, 0.3) is 0 Å². The van der Waals surface area contributed by atoms with Crippen molar-refractivity contribution >= 4 is 140 Å². The van der Waals surface area contributed by atoms with Crippen LogP contribution in [0, 0.1) is 0 Å². The molecule has 7 atom stereocenters. The van der Waals surface area contributed by atoms with E-state index in [0.717, 1.165) is 79.9 Å². The molecule has 72 heavy (non-hydrogen) atoms. The second-order valence-corrected chi connectivity index (χ2v) is 77.2. The lowest BCUT2D eigenvalue weighted by Crippen LogP contribution is -2.59. The Morgan fingerprint density at radius 2 is 0.597 bits per heavy atom. The van der Waals surface area contributed by atoms with Gasteiger partial charge in [0.25, 0.3) is 0 Å². The molecule has 0 aromatic carbocycles. The molecule has 0 spiro atoms. The van der Waals surface area contributed by atoms with Gasteiger partial charge < -0.3 is 71.8 Å².